The van der Waals surface area contributed by atoms with Gasteiger partial charge in [-0.3, -0.25) is 4.79 Å². The first-order chi connectivity index (χ1) is 13.1. The van der Waals surface area contributed by atoms with Gasteiger partial charge in [0.2, 0.25) is 5.91 Å². The zero-order valence-electron chi connectivity index (χ0n) is 15.4. The zero-order chi connectivity index (χ0) is 19.2. The van der Waals surface area contributed by atoms with E-state index in [9.17, 15) is 9.18 Å². The topological polar surface area (TPSA) is 56.1 Å². The molecule has 0 radical (unpaired) electrons. The minimum Gasteiger partial charge on any atom is -0.497 e. The lowest BCUT2D eigenvalue weighted by Crippen LogP contribution is -2.31. The van der Waals surface area contributed by atoms with Crippen LogP contribution in [0.4, 0.5) is 4.39 Å². The number of aromatic nitrogens is 2. The fourth-order valence-electron chi connectivity index (χ4n) is 2.93. The van der Waals surface area contributed by atoms with Crippen molar-refractivity contribution in [2.24, 2.45) is 7.05 Å². The first-order valence-corrected chi connectivity index (χ1v) is 8.72. The number of nitrogens with one attached hydrogen (secondary N) is 1. The third-order valence-electron chi connectivity index (χ3n) is 4.40. The summed E-state index contributed by atoms with van der Waals surface area (Å²) in [7, 11) is 3.50. The summed E-state index contributed by atoms with van der Waals surface area (Å²) in [6.45, 7) is 0. The van der Waals surface area contributed by atoms with Gasteiger partial charge >= 0.3 is 0 Å². The first kappa shape index (κ1) is 18.6. The molecule has 140 valence electrons. The van der Waals surface area contributed by atoms with Crippen molar-refractivity contribution < 1.29 is 13.9 Å². The van der Waals surface area contributed by atoms with Crippen molar-refractivity contribution in [3.8, 4) is 5.75 Å². The second kappa shape index (κ2) is 8.49. The van der Waals surface area contributed by atoms with Crippen LogP contribution in [0.3, 0.4) is 0 Å². The quantitative estimate of drug-likeness (QED) is 0.696. The predicted molar refractivity (Wildman–Crippen MR) is 101 cm³/mol. The highest BCUT2D eigenvalue weighted by Gasteiger charge is 2.20. The average Bonchev–Trinajstić information content (AvgIpc) is 3.10. The average molecular weight is 367 g/mol. The molecule has 27 heavy (non-hydrogen) atoms. The summed E-state index contributed by atoms with van der Waals surface area (Å²) in [4.78, 5) is 16.9. The molecule has 1 amide bonds. The molecule has 0 spiro atoms. The molecule has 1 N–H and O–H groups in total. The van der Waals surface area contributed by atoms with E-state index >= 15 is 0 Å². The Kier molecular flexibility index (Phi) is 5.86. The number of methoxy groups -OCH3 is 1. The molecule has 0 aliphatic carbocycles. The normalized spacial score (nSPS) is 11.8. The van der Waals surface area contributed by atoms with E-state index in [1.165, 1.54) is 12.1 Å². The van der Waals surface area contributed by atoms with Crippen LogP contribution in [0.5, 0.6) is 5.75 Å². The van der Waals surface area contributed by atoms with Gasteiger partial charge in [0.25, 0.3) is 0 Å². The third kappa shape index (κ3) is 4.73. The van der Waals surface area contributed by atoms with Gasteiger partial charge in [-0.25, -0.2) is 9.37 Å². The summed E-state index contributed by atoms with van der Waals surface area (Å²) in [6, 6.07) is 13.4. The summed E-state index contributed by atoms with van der Waals surface area (Å²) in [6.07, 6.45) is 4.27. The molecule has 6 heteroatoms. The van der Waals surface area contributed by atoms with Crippen LogP contribution in [0.25, 0.3) is 0 Å². The van der Waals surface area contributed by atoms with Crippen molar-refractivity contribution in [1.29, 1.82) is 0 Å². The number of hydrogen-bond acceptors (Lipinski definition) is 3. The summed E-state index contributed by atoms with van der Waals surface area (Å²) in [5.74, 6) is 1.06. The van der Waals surface area contributed by atoms with Gasteiger partial charge in [0.05, 0.1) is 7.11 Å². The number of carbonyl (C=O) groups is 1. The van der Waals surface area contributed by atoms with Crippen LogP contribution in [-0.2, 0) is 18.3 Å². The number of ether oxygens (including phenoxy) is 1. The predicted octanol–water partition coefficient (Wildman–Crippen LogP) is 3.41. The maximum Gasteiger partial charge on any atom is 0.221 e. The van der Waals surface area contributed by atoms with Crippen LogP contribution in [0.15, 0.2) is 60.9 Å². The Morgan fingerprint density at radius 3 is 2.67 bits per heavy atom. The van der Waals surface area contributed by atoms with Gasteiger partial charge in [-0.05, 0) is 41.8 Å². The van der Waals surface area contributed by atoms with E-state index in [1.54, 1.807) is 19.4 Å². The molecular weight excluding hydrogens is 345 g/mol. The van der Waals surface area contributed by atoms with E-state index in [2.05, 4.69) is 10.3 Å². The highest BCUT2D eigenvalue weighted by Crippen LogP contribution is 2.23. The monoisotopic (exact) mass is 367 g/mol. The van der Waals surface area contributed by atoms with Crippen LogP contribution in [0.2, 0.25) is 0 Å². The lowest BCUT2D eigenvalue weighted by molar-refractivity contribution is -0.121. The van der Waals surface area contributed by atoms with Crippen LogP contribution in [-0.4, -0.2) is 22.6 Å². The zero-order valence-corrected chi connectivity index (χ0v) is 15.4. The van der Waals surface area contributed by atoms with Crippen molar-refractivity contribution in [2.75, 3.05) is 7.11 Å². The van der Waals surface area contributed by atoms with Gasteiger partial charge in [-0.1, -0.05) is 24.3 Å². The van der Waals surface area contributed by atoms with Crippen molar-refractivity contribution in [2.45, 2.75) is 18.9 Å². The van der Waals surface area contributed by atoms with E-state index in [0.29, 0.717) is 6.42 Å². The lowest BCUT2D eigenvalue weighted by Gasteiger charge is -2.19. The molecule has 5 nitrogen and oxygen atoms in total. The van der Waals surface area contributed by atoms with E-state index in [4.69, 9.17) is 4.74 Å². The second-order valence-corrected chi connectivity index (χ2v) is 6.30. The molecule has 0 saturated heterocycles. The molecule has 1 heterocycles. The fraction of sp³-hybridized carbons (Fsp3) is 0.238. The van der Waals surface area contributed by atoms with Crippen molar-refractivity contribution in [3.05, 3.63) is 83.7 Å². The molecule has 2 aromatic carbocycles. The summed E-state index contributed by atoms with van der Waals surface area (Å²) in [5, 5.41) is 3.04. The fourth-order valence-corrected chi connectivity index (χ4v) is 2.93. The highest BCUT2D eigenvalue weighted by atomic mass is 19.1. The van der Waals surface area contributed by atoms with Gasteiger partial charge in [0, 0.05) is 25.9 Å². The summed E-state index contributed by atoms with van der Waals surface area (Å²) >= 11 is 0. The van der Waals surface area contributed by atoms with E-state index in [0.717, 1.165) is 22.7 Å². The van der Waals surface area contributed by atoms with Crippen LogP contribution in [0.1, 0.15) is 29.4 Å². The Morgan fingerprint density at radius 1 is 1.26 bits per heavy atom. The molecule has 0 aliphatic rings. The molecule has 1 aromatic heterocycles. The van der Waals surface area contributed by atoms with Crippen molar-refractivity contribution >= 4 is 5.91 Å². The molecular formula is C21H22FN3O2. The molecule has 0 fully saturated rings. The lowest BCUT2D eigenvalue weighted by atomic mass is 10.0. The largest absolute Gasteiger partial charge is 0.497 e. The number of hydrogen-bond donors (Lipinski definition) is 1. The first-order valence-electron chi connectivity index (χ1n) is 8.72. The maximum absolute atomic E-state index is 13.3. The number of amides is 1. The van der Waals surface area contributed by atoms with Gasteiger partial charge < -0.3 is 14.6 Å². The molecule has 0 bridgehead atoms. The Bertz CT molecular complexity index is 906. The summed E-state index contributed by atoms with van der Waals surface area (Å²) in [5.41, 5.74) is 1.70. The molecule has 1 atom stereocenters. The van der Waals surface area contributed by atoms with Gasteiger partial charge in [-0.2, -0.15) is 0 Å². The van der Waals surface area contributed by atoms with Crippen LogP contribution in [0, 0.1) is 5.82 Å². The van der Waals surface area contributed by atoms with E-state index < -0.39 is 0 Å². The van der Waals surface area contributed by atoms with Gasteiger partial charge in [0.1, 0.15) is 23.4 Å². The molecule has 1 unspecified atom stereocenters. The van der Waals surface area contributed by atoms with Gasteiger partial charge in [-0.15, -0.1) is 0 Å². The van der Waals surface area contributed by atoms with Crippen LogP contribution < -0.4 is 10.1 Å². The Hall–Kier alpha value is -3.15. The maximum atomic E-state index is 13.3. The number of carbonyl (C=O) groups excluding carboxylic acids is 1. The van der Waals surface area contributed by atoms with Crippen molar-refractivity contribution in [1.82, 2.24) is 14.9 Å². The number of halogens is 1. The minimum atomic E-state index is -0.379. The van der Waals surface area contributed by atoms with Crippen molar-refractivity contribution in [3.63, 3.8) is 0 Å². The third-order valence-corrected chi connectivity index (χ3v) is 4.40. The number of aryl methyl sites for hydroxylation is 2. The number of imidazole rings is 1. The van der Waals surface area contributed by atoms with Gasteiger partial charge in [0.15, 0.2) is 0 Å². The number of nitrogens with zero attached hydrogens (tertiary/aromatic N) is 2. The SMILES string of the molecule is COc1ccc(C(NC(=O)CCc2cccc(F)c2)c2nccn2C)cc1. The van der Waals surface area contributed by atoms with E-state index in [-0.39, 0.29) is 24.2 Å². The number of benzene rings is 2. The molecule has 3 aromatic rings. The molecule has 0 saturated carbocycles. The standard InChI is InChI=1S/C21H22FN3O2/c1-25-13-12-23-21(25)20(16-7-9-18(27-2)10-8-16)24-19(26)11-6-15-4-3-5-17(22)14-15/h3-5,7-10,12-14,20H,6,11H2,1-2H3,(H,24,26). The van der Waals surface area contributed by atoms with E-state index in [1.807, 2.05) is 48.1 Å². The minimum absolute atomic E-state index is 0.122. The summed E-state index contributed by atoms with van der Waals surface area (Å²) < 4.78 is 20.4. The highest BCUT2D eigenvalue weighted by molar-refractivity contribution is 5.77. The Balaban J connectivity index is 1.74. The molecule has 3 rings (SSSR count). The Labute approximate surface area is 157 Å². The van der Waals surface area contributed by atoms with Crippen LogP contribution >= 0.6 is 0 Å². The molecule has 0 aliphatic heterocycles. The second-order valence-electron chi connectivity index (χ2n) is 6.30. The number of rotatable bonds is 7. The Morgan fingerprint density at radius 2 is 2.04 bits per heavy atom. The smallest absolute Gasteiger partial charge is 0.221 e.